The summed E-state index contributed by atoms with van der Waals surface area (Å²) >= 11 is 0. The minimum Gasteiger partial charge on any atom is -0.378 e. The van der Waals surface area contributed by atoms with Crippen LogP contribution in [0.15, 0.2) is 42.7 Å². The molecule has 2 aromatic rings. The van der Waals surface area contributed by atoms with E-state index in [9.17, 15) is 0 Å². The predicted octanol–water partition coefficient (Wildman–Crippen LogP) is 2.58. The number of hydrogen-bond donors (Lipinski definition) is 1. The maximum atomic E-state index is 4.48. The zero-order valence-electron chi connectivity index (χ0n) is 12.3. The molecule has 21 heavy (non-hydrogen) atoms. The molecule has 0 saturated carbocycles. The zero-order chi connectivity index (χ0) is 14.1. The van der Waals surface area contributed by atoms with Gasteiger partial charge in [0.2, 0.25) is 0 Å². The molecule has 2 unspecified atom stereocenters. The van der Waals surface area contributed by atoms with Crippen molar-refractivity contribution in [3.63, 3.8) is 0 Å². The van der Waals surface area contributed by atoms with Crippen LogP contribution in [0.3, 0.4) is 0 Å². The van der Waals surface area contributed by atoms with Crippen LogP contribution in [-0.2, 0) is 6.54 Å². The van der Waals surface area contributed by atoms with Gasteiger partial charge >= 0.3 is 0 Å². The van der Waals surface area contributed by atoms with E-state index in [-0.39, 0.29) is 0 Å². The molecule has 2 fully saturated rings. The number of fused-ring (bicyclic) bond motifs is 1. The predicted molar refractivity (Wildman–Crippen MR) is 84.4 cm³/mol. The van der Waals surface area contributed by atoms with Crippen molar-refractivity contribution in [2.45, 2.75) is 37.9 Å². The molecule has 3 heterocycles. The molecule has 110 valence electrons. The summed E-state index contributed by atoms with van der Waals surface area (Å²) in [6.45, 7) is 3.37. The molecule has 2 aliphatic rings. The van der Waals surface area contributed by atoms with Gasteiger partial charge in [-0.2, -0.15) is 5.10 Å². The van der Waals surface area contributed by atoms with Gasteiger partial charge in [-0.05, 0) is 31.4 Å². The van der Waals surface area contributed by atoms with Crippen LogP contribution in [0.5, 0.6) is 0 Å². The minimum atomic E-state index is 0.599. The molecule has 4 nitrogen and oxygen atoms in total. The Bertz CT molecular complexity index is 592. The molecule has 2 saturated heterocycles. The second-order valence-corrected chi connectivity index (χ2v) is 6.20. The van der Waals surface area contributed by atoms with Gasteiger partial charge in [0.05, 0.1) is 18.4 Å². The zero-order valence-corrected chi connectivity index (χ0v) is 12.3. The average Bonchev–Trinajstić information content (AvgIpc) is 3.20. The lowest BCUT2D eigenvalue weighted by Crippen LogP contribution is -2.33. The highest BCUT2D eigenvalue weighted by Gasteiger charge is 2.37. The maximum absolute atomic E-state index is 4.48. The molecule has 0 aliphatic carbocycles. The topological polar surface area (TPSA) is 33.1 Å². The fraction of sp³-hybridized carbons (Fsp3) is 0.471. The van der Waals surface area contributed by atoms with Crippen molar-refractivity contribution < 1.29 is 0 Å². The third kappa shape index (κ3) is 2.68. The molecule has 1 N–H and O–H groups in total. The Hall–Kier alpha value is -1.81. The van der Waals surface area contributed by atoms with Gasteiger partial charge in [0.1, 0.15) is 0 Å². The molecular weight excluding hydrogens is 260 g/mol. The molecule has 0 spiro atoms. The van der Waals surface area contributed by atoms with Crippen LogP contribution < -0.4 is 5.32 Å². The van der Waals surface area contributed by atoms with Gasteiger partial charge < -0.3 is 5.32 Å². The summed E-state index contributed by atoms with van der Waals surface area (Å²) in [7, 11) is 0. The fourth-order valence-electron chi connectivity index (χ4n) is 3.76. The number of rotatable bonds is 4. The van der Waals surface area contributed by atoms with Crippen molar-refractivity contribution in [1.82, 2.24) is 14.7 Å². The summed E-state index contributed by atoms with van der Waals surface area (Å²) in [6, 6.07) is 11.8. The van der Waals surface area contributed by atoms with Gasteiger partial charge in [-0.15, -0.1) is 0 Å². The Kier molecular flexibility index (Phi) is 3.39. The summed E-state index contributed by atoms with van der Waals surface area (Å²) in [5.74, 6) is 0. The smallest absolute Gasteiger partial charge is 0.0729 e. The Morgan fingerprint density at radius 1 is 1.14 bits per heavy atom. The van der Waals surface area contributed by atoms with E-state index in [0.29, 0.717) is 6.04 Å². The van der Waals surface area contributed by atoms with Crippen LogP contribution in [0.4, 0.5) is 5.69 Å². The third-order valence-electron chi connectivity index (χ3n) is 4.78. The van der Waals surface area contributed by atoms with Crippen LogP contribution >= 0.6 is 0 Å². The SMILES string of the molecule is c1ccc(Cn2cc(NC3CCN4CCCC34)cn2)cc1. The van der Waals surface area contributed by atoms with Crippen molar-refractivity contribution in [3.8, 4) is 0 Å². The Morgan fingerprint density at radius 2 is 2.05 bits per heavy atom. The summed E-state index contributed by atoms with van der Waals surface area (Å²) in [6.07, 6.45) is 8.05. The second-order valence-electron chi connectivity index (χ2n) is 6.20. The fourth-order valence-corrected chi connectivity index (χ4v) is 3.76. The first-order valence-corrected chi connectivity index (χ1v) is 7.95. The van der Waals surface area contributed by atoms with Crippen LogP contribution in [0, 0.1) is 0 Å². The van der Waals surface area contributed by atoms with Gasteiger partial charge in [-0.1, -0.05) is 30.3 Å². The van der Waals surface area contributed by atoms with Crippen molar-refractivity contribution in [2.24, 2.45) is 0 Å². The number of aromatic nitrogens is 2. The van der Waals surface area contributed by atoms with Gasteiger partial charge in [0.15, 0.2) is 0 Å². The molecule has 4 heteroatoms. The highest BCUT2D eigenvalue weighted by atomic mass is 15.3. The van der Waals surface area contributed by atoms with Gasteiger partial charge in [0.25, 0.3) is 0 Å². The molecule has 1 aromatic heterocycles. The van der Waals surface area contributed by atoms with Crippen LogP contribution in [0.25, 0.3) is 0 Å². The highest BCUT2D eigenvalue weighted by Crippen LogP contribution is 2.29. The largest absolute Gasteiger partial charge is 0.378 e. The molecule has 2 atom stereocenters. The summed E-state index contributed by atoms with van der Waals surface area (Å²) in [5.41, 5.74) is 2.44. The third-order valence-corrected chi connectivity index (χ3v) is 4.78. The van der Waals surface area contributed by atoms with Crippen molar-refractivity contribution in [3.05, 3.63) is 48.3 Å². The maximum Gasteiger partial charge on any atom is 0.0729 e. The first-order chi connectivity index (χ1) is 10.4. The average molecular weight is 282 g/mol. The van der Waals surface area contributed by atoms with E-state index in [0.717, 1.165) is 18.3 Å². The van der Waals surface area contributed by atoms with Gasteiger partial charge in [-0.25, -0.2) is 0 Å². The van der Waals surface area contributed by atoms with Crippen LogP contribution in [0.1, 0.15) is 24.8 Å². The van der Waals surface area contributed by atoms with Crippen LogP contribution in [-0.4, -0.2) is 39.9 Å². The summed E-state index contributed by atoms with van der Waals surface area (Å²) < 4.78 is 2.01. The monoisotopic (exact) mass is 282 g/mol. The Labute approximate surface area is 125 Å². The van der Waals surface area contributed by atoms with E-state index in [4.69, 9.17) is 0 Å². The van der Waals surface area contributed by atoms with E-state index in [1.54, 1.807) is 0 Å². The van der Waals surface area contributed by atoms with E-state index < -0.39 is 0 Å². The lowest BCUT2D eigenvalue weighted by atomic mass is 10.1. The van der Waals surface area contributed by atoms with E-state index >= 15 is 0 Å². The summed E-state index contributed by atoms with van der Waals surface area (Å²) in [5, 5.41) is 8.17. The highest BCUT2D eigenvalue weighted by molar-refractivity contribution is 5.40. The van der Waals surface area contributed by atoms with E-state index in [1.807, 2.05) is 16.9 Å². The molecule has 2 aliphatic heterocycles. The molecule has 1 aromatic carbocycles. The normalized spacial score (nSPS) is 25.1. The van der Waals surface area contributed by atoms with Crippen LogP contribution in [0.2, 0.25) is 0 Å². The molecule has 0 amide bonds. The molecule has 0 radical (unpaired) electrons. The number of anilines is 1. The quantitative estimate of drug-likeness (QED) is 0.935. The standard InChI is InChI=1S/C17H22N4/c1-2-5-14(6-3-1)12-21-13-15(11-18-21)19-16-8-10-20-9-4-7-17(16)20/h1-3,5-6,11,13,16-17,19H,4,7-10,12H2. The van der Waals surface area contributed by atoms with Crippen molar-refractivity contribution in [1.29, 1.82) is 0 Å². The number of nitrogens with zero attached hydrogens (tertiary/aromatic N) is 3. The lowest BCUT2D eigenvalue weighted by molar-refractivity contribution is 0.318. The van der Waals surface area contributed by atoms with Gasteiger partial charge in [0, 0.05) is 24.8 Å². The lowest BCUT2D eigenvalue weighted by Gasteiger charge is -2.21. The Balaban J connectivity index is 1.41. The molecule has 4 rings (SSSR count). The summed E-state index contributed by atoms with van der Waals surface area (Å²) in [4.78, 5) is 2.63. The van der Waals surface area contributed by atoms with E-state index in [1.165, 1.54) is 37.9 Å². The Morgan fingerprint density at radius 3 is 2.95 bits per heavy atom. The number of nitrogens with one attached hydrogen (secondary N) is 1. The number of benzene rings is 1. The van der Waals surface area contributed by atoms with Crippen molar-refractivity contribution in [2.75, 3.05) is 18.4 Å². The molecular formula is C17H22N4. The van der Waals surface area contributed by atoms with Gasteiger partial charge in [-0.3, -0.25) is 9.58 Å². The second kappa shape index (κ2) is 5.53. The minimum absolute atomic E-state index is 0.599. The van der Waals surface area contributed by atoms with E-state index in [2.05, 4.69) is 45.8 Å². The first-order valence-electron chi connectivity index (χ1n) is 7.95. The van der Waals surface area contributed by atoms with Crippen molar-refractivity contribution >= 4 is 5.69 Å². The molecule has 0 bridgehead atoms. The number of hydrogen-bond acceptors (Lipinski definition) is 3. The first kappa shape index (κ1) is 12.9.